The molecular formula is C46H49ClN6O6S. The smallest absolute Gasteiger partial charge is 0.268 e. The van der Waals surface area contributed by atoms with Crippen molar-refractivity contribution in [3.8, 4) is 23.4 Å². The molecule has 5 aromatic rings. The zero-order valence-electron chi connectivity index (χ0n) is 33.9. The average molecular weight is 849 g/mol. The molecule has 14 heteroatoms. The summed E-state index contributed by atoms with van der Waals surface area (Å²) in [7, 11) is -4.47. The highest BCUT2D eigenvalue weighted by molar-refractivity contribution is 7.90. The van der Waals surface area contributed by atoms with Gasteiger partial charge in [0.05, 0.1) is 24.1 Å². The number of sulfonamides is 1. The number of allylic oxidation sites excluding steroid dienone is 1. The Kier molecular flexibility index (Phi) is 12.2. The van der Waals surface area contributed by atoms with Gasteiger partial charge in [0.25, 0.3) is 15.9 Å². The van der Waals surface area contributed by atoms with Crippen LogP contribution in [0.5, 0.6) is 17.4 Å². The van der Waals surface area contributed by atoms with Crippen LogP contribution in [0.2, 0.25) is 5.02 Å². The molecule has 2 aliphatic heterocycles. The molecule has 0 bridgehead atoms. The molecule has 8 rings (SSSR count). The third kappa shape index (κ3) is 9.48. The Hall–Kier alpha value is -5.39. The van der Waals surface area contributed by atoms with Crippen LogP contribution in [-0.4, -0.2) is 81.7 Å². The number of piperazine rings is 1. The van der Waals surface area contributed by atoms with Crippen LogP contribution in [0.25, 0.3) is 16.5 Å². The van der Waals surface area contributed by atoms with Crippen molar-refractivity contribution >= 4 is 49.7 Å². The van der Waals surface area contributed by atoms with E-state index < -0.39 is 15.9 Å². The molecule has 4 heterocycles. The van der Waals surface area contributed by atoms with E-state index in [1.54, 1.807) is 12.1 Å². The van der Waals surface area contributed by atoms with Crippen molar-refractivity contribution in [1.82, 2.24) is 19.6 Å². The first-order valence-corrected chi connectivity index (χ1v) is 22.3. The summed E-state index contributed by atoms with van der Waals surface area (Å²) in [6.07, 6.45) is 7.77. The largest absolute Gasteiger partial charge is 0.476 e. The van der Waals surface area contributed by atoms with Gasteiger partial charge in [-0.05, 0) is 109 Å². The highest BCUT2D eigenvalue weighted by atomic mass is 35.5. The first kappa shape index (κ1) is 41.3. The van der Waals surface area contributed by atoms with E-state index in [0.29, 0.717) is 44.3 Å². The number of ether oxygens (including phenoxy) is 3. The lowest BCUT2D eigenvalue weighted by Crippen LogP contribution is -2.47. The van der Waals surface area contributed by atoms with Gasteiger partial charge in [0.1, 0.15) is 22.3 Å². The number of carbonyl (C=O) groups is 1. The lowest BCUT2D eigenvalue weighted by Gasteiger charge is -2.39. The number of carbonyl (C=O) groups excluding carboxylic acids is 1. The summed E-state index contributed by atoms with van der Waals surface area (Å²) in [5, 5.41) is 11.5. The van der Waals surface area contributed by atoms with E-state index in [0.717, 1.165) is 73.9 Å². The molecule has 3 aliphatic rings. The topological polar surface area (TPSA) is 150 Å². The minimum absolute atomic E-state index is 0.0403. The molecule has 0 unspecified atom stereocenters. The third-order valence-corrected chi connectivity index (χ3v) is 13.3. The number of pyridine rings is 1. The third-order valence-electron chi connectivity index (χ3n) is 11.8. The zero-order chi connectivity index (χ0) is 41.9. The molecule has 0 spiro atoms. The fraction of sp³-hybridized carbons (Fsp3) is 0.370. The van der Waals surface area contributed by atoms with Crippen LogP contribution in [0.1, 0.15) is 67.4 Å². The summed E-state index contributed by atoms with van der Waals surface area (Å²) in [5.74, 6) is 0.137. The number of hydrogen-bond donors (Lipinski definition) is 2. The fourth-order valence-corrected chi connectivity index (χ4v) is 9.34. The van der Waals surface area contributed by atoms with Crippen LogP contribution in [0, 0.1) is 22.7 Å². The number of benzene rings is 3. The number of nitrogens with zero attached hydrogens (tertiary/aromatic N) is 4. The first-order valence-electron chi connectivity index (χ1n) is 20.4. The van der Waals surface area contributed by atoms with E-state index in [1.807, 2.05) is 54.7 Å². The van der Waals surface area contributed by atoms with Crippen LogP contribution < -0.4 is 19.1 Å². The van der Waals surface area contributed by atoms with Gasteiger partial charge in [0.2, 0.25) is 5.88 Å². The quantitative estimate of drug-likeness (QED) is 0.125. The van der Waals surface area contributed by atoms with Crippen molar-refractivity contribution in [1.29, 1.82) is 5.26 Å². The monoisotopic (exact) mass is 848 g/mol. The van der Waals surface area contributed by atoms with Crippen molar-refractivity contribution < 1.29 is 27.4 Å². The number of hydrogen-bond acceptors (Lipinski definition) is 10. The highest BCUT2D eigenvalue weighted by Gasteiger charge is 2.31. The SMILES string of the molecule is CC1(C)CCC(CN2CCN(c3cccc(C(=O)NS(=O)(=O)c4cnc(OCC5CCOCC5)c(C#N)c4)c3Oc3ccc4[nH]ccc4c3)CC2)=C(c2ccc(Cl)cc2)C1. The van der Waals surface area contributed by atoms with Crippen LogP contribution in [0.15, 0.2) is 95.7 Å². The van der Waals surface area contributed by atoms with E-state index in [1.165, 1.54) is 22.8 Å². The Morgan fingerprint density at radius 3 is 2.60 bits per heavy atom. The lowest BCUT2D eigenvalue weighted by atomic mass is 9.72. The lowest BCUT2D eigenvalue weighted by molar-refractivity contribution is 0.0490. The van der Waals surface area contributed by atoms with E-state index in [4.69, 9.17) is 25.8 Å². The maximum Gasteiger partial charge on any atom is 0.268 e. The van der Waals surface area contributed by atoms with E-state index in [2.05, 4.69) is 50.5 Å². The van der Waals surface area contributed by atoms with Crippen molar-refractivity contribution in [3.63, 3.8) is 0 Å². The number of nitriles is 1. The molecule has 2 saturated heterocycles. The van der Waals surface area contributed by atoms with Gasteiger partial charge in [-0.15, -0.1) is 0 Å². The Morgan fingerprint density at radius 1 is 1.05 bits per heavy atom. The summed E-state index contributed by atoms with van der Waals surface area (Å²) >= 11 is 6.25. The van der Waals surface area contributed by atoms with E-state index in [9.17, 15) is 18.5 Å². The number of aromatic amines is 1. The number of para-hydroxylation sites is 1. The molecule has 1 aliphatic carbocycles. The van der Waals surface area contributed by atoms with Crippen molar-refractivity contribution in [2.75, 3.05) is 57.4 Å². The molecule has 2 aromatic heterocycles. The number of fused-ring (bicyclic) bond motifs is 1. The summed E-state index contributed by atoms with van der Waals surface area (Å²) in [4.78, 5) is 25.8. The molecule has 3 aromatic carbocycles. The number of amides is 1. The van der Waals surface area contributed by atoms with Gasteiger partial charge in [-0.1, -0.05) is 49.2 Å². The number of anilines is 1. The Bertz CT molecular complexity index is 2550. The van der Waals surface area contributed by atoms with Gasteiger partial charge in [0.15, 0.2) is 5.75 Å². The summed E-state index contributed by atoms with van der Waals surface area (Å²) in [6, 6.07) is 24.0. The second-order valence-corrected chi connectivity index (χ2v) is 18.7. The van der Waals surface area contributed by atoms with Crippen molar-refractivity contribution in [2.45, 2.75) is 50.8 Å². The van der Waals surface area contributed by atoms with Gasteiger partial charge in [-0.25, -0.2) is 18.1 Å². The second kappa shape index (κ2) is 17.7. The van der Waals surface area contributed by atoms with Gasteiger partial charge in [-0.2, -0.15) is 5.26 Å². The van der Waals surface area contributed by atoms with E-state index >= 15 is 0 Å². The van der Waals surface area contributed by atoms with Gasteiger partial charge >= 0.3 is 0 Å². The maximum atomic E-state index is 14.1. The molecule has 1 amide bonds. The molecular weight excluding hydrogens is 800 g/mol. The zero-order valence-corrected chi connectivity index (χ0v) is 35.4. The van der Waals surface area contributed by atoms with Gasteiger partial charge in [-0.3, -0.25) is 9.69 Å². The summed E-state index contributed by atoms with van der Waals surface area (Å²) in [5.41, 5.74) is 5.91. The predicted molar refractivity (Wildman–Crippen MR) is 232 cm³/mol. The summed E-state index contributed by atoms with van der Waals surface area (Å²) in [6.45, 7) is 10.0. The number of H-pyrrole nitrogens is 1. The molecule has 2 N–H and O–H groups in total. The predicted octanol–water partition coefficient (Wildman–Crippen LogP) is 8.59. The molecule has 312 valence electrons. The highest BCUT2D eigenvalue weighted by Crippen LogP contribution is 2.44. The number of aromatic nitrogens is 2. The van der Waals surface area contributed by atoms with Crippen molar-refractivity contribution in [3.05, 3.63) is 112 Å². The van der Waals surface area contributed by atoms with Crippen LogP contribution >= 0.6 is 11.6 Å². The fourth-order valence-electron chi connectivity index (χ4n) is 8.27. The Labute approximate surface area is 356 Å². The Morgan fingerprint density at radius 2 is 1.83 bits per heavy atom. The van der Waals surface area contributed by atoms with Crippen molar-refractivity contribution in [2.24, 2.45) is 11.3 Å². The molecule has 12 nitrogen and oxygen atoms in total. The summed E-state index contributed by atoms with van der Waals surface area (Å²) < 4.78 is 47.5. The maximum absolute atomic E-state index is 14.1. The number of halogens is 1. The standard InChI is InChI=1S/C46H49ClN6O6S/c1-46(2)16-12-34(40(26-46)32-6-8-36(47)9-7-32)29-52-18-20-53(21-19-52)42-5-3-4-39(43(42)59-37-10-11-41-33(24-37)13-17-49-41)44(54)51-60(55,56)38-25-35(27-48)45(50-28-38)58-30-31-14-22-57-23-15-31/h3-11,13,17,24-25,28,31,49H,12,14-16,18-23,26,29-30H2,1-2H3,(H,51,54). The van der Waals surface area contributed by atoms with Crippen LogP contribution in [-0.2, 0) is 14.8 Å². The van der Waals surface area contributed by atoms with Crippen LogP contribution in [0.3, 0.4) is 0 Å². The minimum atomic E-state index is -4.47. The normalized spacial score (nSPS) is 17.7. The van der Waals surface area contributed by atoms with Gasteiger partial charge < -0.3 is 24.1 Å². The van der Waals surface area contributed by atoms with E-state index in [-0.39, 0.29) is 39.0 Å². The molecule has 60 heavy (non-hydrogen) atoms. The second-order valence-electron chi connectivity index (χ2n) is 16.6. The molecule has 0 atom stereocenters. The minimum Gasteiger partial charge on any atom is -0.476 e. The van der Waals surface area contributed by atoms with Gasteiger partial charge in [0, 0.05) is 68.1 Å². The van der Waals surface area contributed by atoms with Crippen LogP contribution in [0.4, 0.5) is 5.69 Å². The first-order chi connectivity index (χ1) is 28.9. The Balaban J connectivity index is 1.03. The molecule has 0 saturated carbocycles. The molecule has 0 radical (unpaired) electrons. The molecule has 2 fully saturated rings. The number of rotatable bonds is 12. The number of nitrogens with one attached hydrogen (secondary N) is 2. The average Bonchev–Trinajstić information content (AvgIpc) is 3.72.